The van der Waals surface area contributed by atoms with Crippen molar-refractivity contribution >= 4 is 23.1 Å². The molecule has 0 aliphatic carbocycles. The molecular formula is C19H16F3NO3. The number of amides is 1. The third kappa shape index (κ3) is 4.72. The Labute approximate surface area is 148 Å². The number of benzene rings is 2. The molecule has 0 radical (unpaired) electrons. The molecule has 0 aromatic heterocycles. The molecule has 0 unspecified atom stereocenters. The molecule has 26 heavy (non-hydrogen) atoms. The minimum absolute atomic E-state index is 0.198. The van der Waals surface area contributed by atoms with Crippen LogP contribution < -0.4 is 5.32 Å². The summed E-state index contributed by atoms with van der Waals surface area (Å²) in [5.41, 5.74) is 0.677. The summed E-state index contributed by atoms with van der Waals surface area (Å²) in [6.45, 7) is 1.61. The van der Waals surface area contributed by atoms with Crippen LogP contribution in [0, 0.1) is 0 Å². The lowest BCUT2D eigenvalue weighted by Crippen LogP contribution is -2.13. The third-order valence-electron chi connectivity index (χ3n) is 3.61. The van der Waals surface area contributed by atoms with Crippen LogP contribution in [0.1, 0.15) is 28.4 Å². The standard InChI is InChI=1S/C19H16F3NO3/c1-12(13-7-9-14(10-8-13)19(20,21)22)11-17(24)23-16-6-4-3-5-15(16)18(25)26-2/h3-11H,1-2H3,(H,23,24). The van der Waals surface area contributed by atoms with Crippen LogP contribution in [0.4, 0.5) is 18.9 Å². The van der Waals surface area contributed by atoms with Crippen molar-refractivity contribution in [3.05, 3.63) is 71.3 Å². The van der Waals surface area contributed by atoms with Crippen molar-refractivity contribution in [3.8, 4) is 0 Å². The topological polar surface area (TPSA) is 55.4 Å². The Morgan fingerprint density at radius 2 is 1.65 bits per heavy atom. The Balaban J connectivity index is 2.17. The number of rotatable bonds is 4. The molecule has 0 spiro atoms. The van der Waals surface area contributed by atoms with Crippen LogP contribution in [-0.2, 0) is 15.7 Å². The van der Waals surface area contributed by atoms with Crippen LogP contribution in [0.2, 0.25) is 0 Å². The number of allylic oxidation sites excluding steroid dienone is 1. The van der Waals surface area contributed by atoms with Gasteiger partial charge in [-0.15, -0.1) is 0 Å². The number of methoxy groups -OCH3 is 1. The second kappa shape index (κ2) is 7.86. The van der Waals surface area contributed by atoms with Crippen LogP contribution in [0.3, 0.4) is 0 Å². The first-order valence-corrected chi connectivity index (χ1v) is 7.56. The number of halogens is 3. The molecule has 1 N–H and O–H groups in total. The van der Waals surface area contributed by atoms with Gasteiger partial charge in [0, 0.05) is 6.08 Å². The number of nitrogens with one attached hydrogen (secondary N) is 1. The van der Waals surface area contributed by atoms with Crippen molar-refractivity contribution in [2.45, 2.75) is 13.1 Å². The maximum absolute atomic E-state index is 12.6. The van der Waals surface area contributed by atoms with E-state index in [2.05, 4.69) is 10.1 Å². The average Bonchev–Trinajstić information content (AvgIpc) is 2.60. The molecule has 1 amide bonds. The van der Waals surface area contributed by atoms with Crippen LogP contribution >= 0.6 is 0 Å². The van der Waals surface area contributed by atoms with Crippen LogP contribution in [0.25, 0.3) is 5.57 Å². The number of carbonyl (C=O) groups is 2. The van der Waals surface area contributed by atoms with Gasteiger partial charge in [-0.3, -0.25) is 4.79 Å². The van der Waals surface area contributed by atoms with E-state index in [4.69, 9.17) is 0 Å². The minimum atomic E-state index is -4.41. The number of alkyl halides is 3. The van der Waals surface area contributed by atoms with Crippen LogP contribution in [0.15, 0.2) is 54.6 Å². The van der Waals surface area contributed by atoms with Crippen molar-refractivity contribution in [3.63, 3.8) is 0 Å². The zero-order valence-electron chi connectivity index (χ0n) is 14.1. The van der Waals surface area contributed by atoms with Crippen molar-refractivity contribution in [1.29, 1.82) is 0 Å². The highest BCUT2D eigenvalue weighted by Crippen LogP contribution is 2.30. The van der Waals surface area contributed by atoms with E-state index in [0.29, 0.717) is 11.1 Å². The van der Waals surface area contributed by atoms with E-state index >= 15 is 0 Å². The third-order valence-corrected chi connectivity index (χ3v) is 3.61. The van der Waals surface area contributed by atoms with E-state index < -0.39 is 23.6 Å². The quantitative estimate of drug-likeness (QED) is 0.641. The van der Waals surface area contributed by atoms with Gasteiger partial charge in [-0.25, -0.2) is 4.79 Å². The lowest BCUT2D eigenvalue weighted by molar-refractivity contribution is -0.137. The highest BCUT2D eigenvalue weighted by atomic mass is 19.4. The van der Waals surface area contributed by atoms with Gasteiger partial charge in [0.25, 0.3) is 0 Å². The lowest BCUT2D eigenvalue weighted by Gasteiger charge is -2.09. The molecule has 2 aromatic carbocycles. The molecular weight excluding hydrogens is 347 g/mol. The van der Waals surface area contributed by atoms with E-state index in [9.17, 15) is 22.8 Å². The van der Waals surface area contributed by atoms with E-state index in [1.54, 1.807) is 25.1 Å². The number of carbonyl (C=O) groups excluding carboxylic acids is 2. The molecule has 2 aromatic rings. The molecule has 7 heteroatoms. The van der Waals surface area contributed by atoms with Gasteiger partial charge in [-0.05, 0) is 42.3 Å². The van der Waals surface area contributed by atoms with E-state index in [0.717, 1.165) is 12.1 Å². The summed E-state index contributed by atoms with van der Waals surface area (Å²) >= 11 is 0. The van der Waals surface area contributed by atoms with E-state index in [-0.39, 0.29) is 11.3 Å². The van der Waals surface area contributed by atoms with Gasteiger partial charge < -0.3 is 10.1 Å². The first-order valence-electron chi connectivity index (χ1n) is 7.56. The largest absolute Gasteiger partial charge is 0.465 e. The van der Waals surface area contributed by atoms with Gasteiger partial charge in [0.2, 0.25) is 5.91 Å². The summed E-state index contributed by atoms with van der Waals surface area (Å²) in [6, 6.07) is 10.8. The van der Waals surface area contributed by atoms with Gasteiger partial charge >= 0.3 is 12.1 Å². The fourth-order valence-corrected chi connectivity index (χ4v) is 2.25. The minimum Gasteiger partial charge on any atom is -0.465 e. The van der Waals surface area contributed by atoms with E-state index in [1.165, 1.54) is 31.4 Å². The summed E-state index contributed by atoms with van der Waals surface area (Å²) in [6.07, 6.45) is -3.16. The summed E-state index contributed by atoms with van der Waals surface area (Å²) < 4.78 is 42.4. The number of para-hydroxylation sites is 1. The predicted molar refractivity (Wildman–Crippen MR) is 91.5 cm³/mol. The van der Waals surface area contributed by atoms with Crippen LogP contribution in [-0.4, -0.2) is 19.0 Å². The van der Waals surface area contributed by atoms with Crippen molar-refractivity contribution in [2.24, 2.45) is 0 Å². The zero-order valence-corrected chi connectivity index (χ0v) is 14.1. The Bertz CT molecular complexity index is 840. The van der Waals surface area contributed by atoms with Crippen molar-refractivity contribution < 1.29 is 27.5 Å². The molecule has 0 saturated carbocycles. The Kier molecular flexibility index (Phi) is 5.82. The second-order valence-electron chi connectivity index (χ2n) is 5.43. The lowest BCUT2D eigenvalue weighted by atomic mass is 10.0. The Hall–Kier alpha value is -3.09. The monoisotopic (exact) mass is 363 g/mol. The first kappa shape index (κ1) is 19.2. The number of anilines is 1. The smallest absolute Gasteiger partial charge is 0.416 e. The van der Waals surface area contributed by atoms with Gasteiger partial charge in [0.15, 0.2) is 0 Å². The predicted octanol–water partition coefficient (Wildman–Crippen LogP) is 4.53. The molecule has 0 heterocycles. The summed E-state index contributed by atoms with van der Waals surface area (Å²) in [7, 11) is 1.23. The van der Waals surface area contributed by atoms with Crippen LogP contribution in [0.5, 0.6) is 0 Å². The van der Waals surface area contributed by atoms with E-state index in [1.807, 2.05) is 0 Å². The fraction of sp³-hybridized carbons (Fsp3) is 0.158. The molecule has 4 nitrogen and oxygen atoms in total. The van der Waals surface area contributed by atoms with Gasteiger partial charge in [0.05, 0.1) is 23.9 Å². The fourth-order valence-electron chi connectivity index (χ4n) is 2.25. The maximum atomic E-state index is 12.6. The molecule has 0 atom stereocenters. The van der Waals surface area contributed by atoms with Gasteiger partial charge in [-0.2, -0.15) is 13.2 Å². The SMILES string of the molecule is COC(=O)c1ccccc1NC(=O)C=C(C)c1ccc(C(F)(F)F)cc1. The molecule has 0 fully saturated rings. The summed E-state index contributed by atoms with van der Waals surface area (Å²) in [4.78, 5) is 23.9. The van der Waals surface area contributed by atoms with Gasteiger partial charge in [-0.1, -0.05) is 24.3 Å². The number of ether oxygens (including phenoxy) is 1. The summed E-state index contributed by atoms with van der Waals surface area (Å²) in [5.74, 6) is -1.11. The Morgan fingerprint density at radius 3 is 2.23 bits per heavy atom. The van der Waals surface area contributed by atoms with Crippen molar-refractivity contribution in [2.75, 3.05) is 12.4 Å². The summed E-state index contributed by atoms with van der Waals surface area (Å²) in [5, 5.41) is 2.57. The number of hydrogen-bond donors (Lipinski definition) is 1. The number of esters is 1. The normalized spacial score (nSPS) is 11.8. The maximum Gasteiger partial charge on any atom is 0.416 e. The zero-order chi connectivity index (χ0) is 19.3. The average molecular weight is 363 g/mol. The van der Waals surface area contributed by atoms with Gasteiger partial charge in [0.1, 0.15) is 0 Å². The molecule has 0 aliphatic rings. The molecule has 0 saturated heterocycles. The highest BCUT2D eigenvalue weighted by Gasteiger charge is 2.29. The Morgan fingerprint density at radius 1 is 1.04 bits per heavy atom. The second-order valence-corrected chi connectivity index (χ2v) is 5.43. The first-order chi connectivity index (χ1) is 12.2. The highest BCUT2D eigenvalue weighted by molar-refractivity contribution is 6.07. The molecule has 0 bridgehead atoms. The number of hydrogen-bond acceptors (Lipinski definition) is 3. The molecule has 136 valence electrons. The molecule has 0 aliphatic heterocycles. The van der Waals surface area contributed by atoms with Crippen molar-refractivity contribution in [1.82, 2.24) is 0 Å². The molecule has 2 rings (SSSR count).